The summed E-state index contributed by atoms with van der Waals surface area (Å²) in [5.74, 6) is 0.573. The summed E-state index contributed by atoms with van der Waals surface area (Å²) in [6.07, 6.45) is 0. The van der Waals surface area contributed by atoms with Gasteiger partial charge in [0, 0.05) is 0 Å². The van der Waals surface area contributed by atoms with Gasteiger partial charge in [0.25, 0.3) is 0 Å². The fraction of sp³-hybridized carbons (Fsp3) is 0.455. The molecule has 0 amide bonds. The minimum Gasteiger partial charge on any atom is -0.489 e. The second-order valence-electron chi connectivity index (χ2n) is 4.28. The van der Waals surface area contributed by atoms with Crippen LogP contribution in [0.1, 0.15) is 13.8 Å². The van der Waals surface area contributed by atoms with Gasteiger partial charge in [-0.05, 0) is 26.0 Å². The summed E-state index contributed by atoms with van der Waals surface area (Å²) < 4.78 is 10.1. The second-order valence-corrected chi connectivity index (χ2v) is 4.28. The lowest BCUT2D eigenvalue weighted by Crippen LogP contribution is -2.32. The Morgan fingerprint density at radius 1 is 1.41 bits per heavy atom. The summed E-state index contributed by atoms with van der Waals surface area (Å²) in [7, 11) is 1.34. The first-order valence-electron chi connectivity index (χ1n) is 5.10. The molecule has 0 atom stereocenters. The Kier molecular flexibility index (Phi) is 3.77. The number of methoxy groups -OCH3 is 1. The summed E-state index contributed by atoms with van der Waals surface area (Å²) >= 11 is 0. The minimum absolute atomic E-state index is 0.148. The van der Waals surface area contributed by atoms with Crippen LogP contribution in [0.5, 0.6) is 5.75 Å². The van der Waals surface area contributed by atoms with Crippen LogP contribution in [-0.4, -0.2) is 24.7 Å². The van der Waals surface area contributed by atoms with Crippen LogP contribution in [0.2, 0.25) is 0 Å². The molecule has 0 spiro atoms. The molecule has 4 N–H and O–H groups in total. The lowest BCUT2D eigenvalue weighted by atomic mass is 9.95. The van der Waals surface area contributed by atoms with Crippen LogP contribution in [0.4, 0.5) is 11.6 Å². The first-order valence-corrected chi connectivity index (χ1v) is 5.10. The van der Waals surface area contributed by atoms with Crippen molar-refractivity contribution in [3.05, 3.63) is 12.1 Å². The van der Waals surface area contributed by atoms with E-state index in [9.17, 15) is 4.79 Å². The lowest BCUT2D eigenvalue weighted by molar-refractivity contribution is -0.152. The van der Waals surface area contributed by atoms with Crippen molar-refractivity contribution < 1.29 is 14.3 Å². The zero-order valence-corrected chi connectivity index (χ0v) is 10.2. The molecule has 0 aliphatic heterocycles. The van der Waals surface area contributed by atoms with E-state index in [1.54, 1.807) is 26.0 Å². The van der Waals surface area contributed by atoms with Crippen molar-refractivity contribution in [1.29, 1.82) is 0 Å². The Hall–Kier alpha value is -1.98. The summed E-state index contributed by atoms with van der Waals surface area (Å²) in [5, 5.41) is 0. The summed E-state index contributed by atoms with van der Waals surface area (Å²) in [6.45, 7) is 3.59. The summed E-state index contributed by atoms with van der Waals surface area (Å²) in [6, 6.07) is 3.20. The van der Waals surface area contributed by atoms with E-state index in [1.165, 1.54) is 7.11 Å². The van der Waals surface area contributed by atoms with E-state index in [0.717, 1.165) is 0 Å². The van der Waals surface area contributed by atoms with Gasteiger partial charge in [0.05, 0.1) is 12.5 Å². The molecule has 0 aromatic carbocycles. The van der Waals surface area contributed by atoms with Crippen LogP contribution in [-0.2, 0) is 9.53 Å². The lowest BCUT2D eigenvalue weighted by Gasteiger charge is -2.21. The van der Waals surface area contributed by atoms with Gasteiger partial charge >= 0.3 is 5.97 Å². The van der Waals surface area contributed by atoms with Crippen molar-refractivity contribution in [1.82, 2.24) is 4.98 Å². The predicted octanol–water partition coefficient (Wildman–Crippen LogP) is 0.824. The van der Waals surface area contributed by atoms with Gasteiger partial charge in [-0.1, -0.05) is 0 Å². The van der Waals surface area contributed by atoms with Crippen LogP contribution in [0.3, 0.4) is 0 Å². The highest BCUT2D eigenvalue weighted by Gasteiger charge is 2.30. The largest absolute Gasteiger partial charge is 0.489 e. The molecular formula is C11H17N3O3. The quantitative estimate of drug-likeness (QED) is 0.754. The van der Waals surface area contributed by atoms with E-state index in [-0.39, 0.29) is 18.4 Å². The fourth-order valence-electron chi connectivity index (χ4n) is 1.19. The zero-order chi connectivity index (χ0) is 13.1. The second kappa shape index (κ2) is 4.90. The van der Waals surface area contributed by atoms with E-state index in [4.69, 9.17) is 16.2 Å². The summed E-state index contributed by atoms with van der Waals surface area (Å²) in [4.78, 5) is 15.3. The van der Waals surface area contributed by atoms with Crippen LogP contribution in [0, 0.1) is 5.41 Å². The van der Waals surface area contributed by atoms with E-state index in [2.05, 4.69) is 9.72 Å². The zero-order valence-electron chi connectivity index (χ0n) is 10.2. The van der Waals surface area contributed by atoms with E-state index in [0.29, 0.717) is 11.6 Å². The molecular weight excluding hydrogens is 222 g/mol. The molecule has 0 bridgehead atoms. The monoisotopic (exact) mass is 239 g/mol. The van der Waals surface area contributed by atoms with E-state index >= 15 is 0 Å². The predicted molar refractivity (Wildman–Crippen MR) is 64.4 cm³/mol. The standard InChI is InChI=1S/C11H17N3O3/c1-11(2,10(15)16-3)6-17-7-4-5-8(12)14-9(7)13/h4-5H,6H2,1-3H3,(H4,12,13,14). The number of rotatable bonds is 4. The number of ether oxygens (including phenoxy) is 2. The molecule has 1 heterocycles. The van der Waals surface area contributed by atoms with Gasteiger partial charge in [-0.15, -0.1) is 0 Å². The van der Waals surface area contributed by atoms with Gasteiger partial charge in [0.1, 0.15) is 12.4 Å². The first-order chi connectivity index (χ1) is 7.86. The van der Waals surface area contributed by atoms with Crippen molar-refractivity contribution in [3.63, 3.8) is 0 Å². The maximum atomic E-state index is 11.4. The van der Waals surface area contributed by atoms with Crippen molar-refractivity contribution in [3.8, 4) is 5.75 Å². The maximum absolute atomic E-state index is 11.4. The SMILES string of the molecule is COC(=O)C(C)(C)COc1ccc(N)nc1N. The minimum atomic E-state index is -0.747. The van der Waals surface area contributed by atoms with Crippen molar-refractivity contribution in [2.75, 3.05) is 25.2 Å². The van der Waals surface area contributed by atoms with E-state index < -0.39 is 5.41 Å². The number of carbonyl (C=O) groups excluding carboxylic acids is 1. The van der Waals surface area contributed by atoms with E-state index in [1.807, 2.05) is 0 Å². The number of carbonyl (C=O) groups is 1. The van der Waals surface area contributed by atoms with Crippen LogP contribution in [0.25, 0.3) is 0 Å². The molecule has 0 aliphatic carbocycles. The maximum Gasteiger partial charge on any atom is 0.314 e. The topological polar surface area (TPSA) is 100 Å². The molecule has 1 aromatic rings. The number of hydrogen-bond acceptors (Lipinski definition) is 6. The Bertz CT molecular complexity index is 418. The number of nitrogen functional groups attached to an aromatic ring is 2. The smallest absolute Gasteiger partial charge is 0.314 e. The third-order valence-corrected chi connectivity index (χ3v) is 2.23. The molecule has 17 heavy (non-hydrogen) atoms. The van der Waals surface area contributed by atoms with Gasteiger partial charge in [-0.25, -0.2) is 4.98 Å². The number of pyridine rings is 1. The highest BCUT2D eigenvalue weighted by molar-refractivity contribution is 5.76. The molecule has 0 radical (unpaired) electrons. The Morgan fingerprint density at radius 3 is 2.59 bits per heavy atom. The Labute approximate surface area is 99.9 Å². The molecule has 0 saturated carbocycles. The molecule has 0 fully saturated rings. The molecule has 0 unspecified atom stereocenters. The number of hydrogen-bond donors (Lipinski definition) is 2. The van der Waals surface area contributed by atoms with Crippen LogP contribution < -0.4 is 16.2 Å². The molecule has 1 rings (SSSR count). The Morgan fingerprint density at radius 2 is 2.06 bits per heavy atom. The molecule has 0 aliphatic rings. The van der Waals surface area contributed by atoms with Gasteiger partial charge in [-0.2, -0.15) is 0 Å². The van der Waals surface area contributed by atoms with Gasteiger partial charge < -0.3 is 20.9 Å². The first kappa shape index (κ1) is 13.1. The average molecular weight is 239 g/mol. The van der Waals surface area contributed by atoms with Gasteiger partial charge in [0.2, 0.25) is 0 Å². The van der Waals surface area contributed by atoms with Gasteiger partial charge in [-0.3, -0.25) is 4.79 Å². The average Bonchev–Trinajstić information content (AvgIpc) is 2.26. The van der Waals surface area contributed by atoms with Crippen molar-refractivity contribution >= 4 is 17.6 Å². The third kappa shape index (κ3) is 3.24. The van der Waals surface area contributed by atoms with Crippen LogP contribution >= 0.6 is 0 Å². The third-order valence-electron chi connectivity index (χ3n) is 2.23. The summed E-state index contributed by atoms with van der Waals surface area (Å²) in [5.41, 5.74) is 10.3. The Balaban J connectivity index is 2.70. The molecule has 6 heteroatoms. The number of nitrogens with two attached hydrogens (primary N) is 2. The fourth-order valence-corrected chi connectivity index (χ4v) is 1.19. The van der Waals surface area contributed by atoms with Crippen molar-refractivity contribution in [2.24, 2.45) is 5.41 Å². The highest BCUT2D eigenvalue weighted by Crippen LogP contribution is 2.24. The number of anilines is 2. The van der Waals surface area contributed by atoms with Gasteiger partial charge in [0.15, 0.2) is 11.6 Å². The number of nitrogens with zero attached hydrogens (tertiary/aromatic N) is 1. The molecule has 1 aromatic heterocycles. The number of aromatic nitrogens is 1. The molecule has 6 nitrogen and oxygen atoms in total. The molecule has 0 saturated heterocycles. The number of esters is 1. The molecule has 94 valence electrons. The normalized spacial score (nSPS) is 11.0. The van der Waals surface area contributed by atoms with Crippen LogP contribution in [0.15, 0.2) is 12.1 Å². The van der Waals surface area contributed by atoms with Crippen molar-refractivity contribution in [2.45, 2.75) is 13.8 Å². The highest BCUT2D eigenvalue weighted by atomic mass is 16.5.